The van der Waals surface area contributed by atoms with E-state index in [1.807, 2.05) is 6.92 Å². The van der Waals surface area contributed by atoms with Crippen molar-refractivity contribution in [1.82, 2.24) is 0 Å². The van der Waals surface area contributed by atoms with Crippen LogP contribution < -0.4 is 4.74 Å². The van der Waals surface area contributed by atoms with Crippen molar-refractivity contribution in [1.29, 1.82) is 5.41 Å². The molecule has 0 fully saturated rings. The van der Waals surface area contributed by atoms with Gasteiger partial charge in [-0.05, 0) is 67.4 Å². The Hall–Kier alpha value is -2.76. The Morgan fingerprint density at radius 3 is 1.97 bits per heavy atom. The summed E-state index contributed by atoms with van der Waals surface area (Å²) in [6, 6.07) is 10.8. The Balaban J connectivity index is 1.79. The zero-order chi connectivity index (χ0) is 26.6. The van der Waals surface area contributed by atoms with Gasteiger partial charge in [-0.3, -0.25) is 0 Å². The van der Waals surface area contributed by atoms with Gasteiger partial charge >= 0.3 is 0 Å². The van der Waals surface area contributed by atoms with Crippen molar-refractivity contribution in [2.45, 2.75) is 57.8 Å². The number of allylic oxidation sites excluding steroid dienone is 2. The summed E-state index contributed by atoms with van der Waals surface area (Å²) in [4.78, 5) is -0.0515. The van der Waals surface area contributed by atoms with Gasteiger partial charge in [0.15, 0.2) is 19.7 Å². The summed E-state index contributed by atoms with van der Waals surface area (Å²) in [5.41, 5.74) is 0. The quantitative estimate of drug-likeness (QED) is 0.415. The highest BCUT2D eigenvalue weighted by Crippen LogP contribution is 2.29. The smallest absolute Gasteiger partial charge is 0.206 e. The van der Waals surface area contributed by atoms with E-state index in [1.54, 1.807) is 0 Å². The van der Waals surface area contributed by atoms with Crippen molar-refractivity contribution in [2.75, 3.05) is 7.11 Å². The highest BCUT2D eigenvalue weighted by molar-refractivity contribution is 7.96. The van der Waals surface area contributed by atoms with Crippen molar-refractivity contribution in [3.63, 3.8) is 0 Å². The molecule has 8 nitrogen and oxygen atoms in total. The highest BCUT2D eigenvalue weighted by Gasteiger charge is 2.32. The Kier molecular flexibility index (Phi) is 8.58. The number of nitrogens with one attached hydrogen (secondary N) is 1. The molecule has 2 aromatic carbocycles. The average Bonchev–Trinajstić information content (AvgIpc) is 2.89. The average molecular weight is 552 g/mol. The van der Waals surface area contributed by atoms with Crippen LogP contribution in [0.15, 0.2) is 86.4 Å². The van der Waals surface area contributed by atoms with E-state index < -0.39 is 40.0 Å². The topological polar surface area (TPSA) is 135 Å². The van der Waals surface area contributed by atoms with Gasteiger partial charge in [0.25, 0.3) is 0 Å². The SMILES string of the molecule is CCCCC(C=N)S(=O)(=O)C1=CCC(S(=O)(=O)c2ccc(S(=O)(=O)c3ccc(OC)cc3)cc2)C=C1. The Morgan fingerprint density at radius 2 is 1.50 bits per heavy atom. The third-order valence-electron chi connectivity index (χ3n) is 6.01. The number of hydrogen-bond acceptors (Lipinski definition) is 8. The van der Waals surface area contributed by atoms with Crippen molar-refractivity contribution < 1.29 is 30.0 Å². The number of hydrogen-bond donors (Lipinski definition) is 1. The Morgan fingerprint density at radius 1 is 0.944 bits per heavy atom. The molecule has 0 radical (unpaired) electrons. The minimum atomic E-state index is -3.89. The lowest BCUT2D eigenvalue weighted by Crippen LogP contribution is -2.26. The van der Waals surface area contributed by atoms with Crippen LogP contribution in [0.3, 0.4) is 0 Å². The van der Waals surface area contributed by atoms with Gasteiger partial charge in [-0.25, -0.2) is 25.3 Å². The molecule has 194 valence electrons. The minimum absolute atomic E-state index is 0.0134. The van der Waals surface area contributed by atoms with Gasteiger partial charge in [0.1, 0.15) is 11.0 Å². The normalized spacial score (nSPS) is 17.3. The molecule has 11 heteroatoms. The first kappa shape index (κ1) is 27.8. The lowest BCUT2D eigenvalue weighted by atomic mass is 10.2. The maximum atomic E-state index is 13.1. The lowest BCUT2D eigenvalue weighted by Gasteiger charge is -2.19. The third-order valence-corrected chi connectivity index (χ3v) is 12.0. The first-order valence-electron chi connectivity index (χ1n) is 11.3. The van der Waals surface area contributed by atoms with E-state index in [9.17, 15) is 25.3 Å². The van der Waals surface area contributed by atoms with E-state index in [2.05, 4.69) is 0 Å². The van der Waals surface area contributed by atoms with Crippen molar-refractivity contribution in [3.8, 4) is 5.75 Å². The van der Waals surface area contributed by atoms with E-state index in [4.69, 9.17) is 10.1 Å². The molecule has 2 unspecified atom stereocenters. The van der Waals surface area contributed by atoms with Crippen LogP contribution in [0.1, 0.15) is 32.6 Å². The van der Waals surface area contributed by atoms with Crippen molar-refractivity contribution >= 4 is 35.7 Å². The number of unbranched alkanes of at least 4 members (excludes halogenated alkanes) is 1. The summed E-state index contributed by atoms with van der Waals surface area (Å²) in [6.07, 6.45) is 6.68. The zero-order valence-corrected chi connectivity index (χ0v) is 22.4. The monoisotopic (exact) mass is 551 g/mol. The molecule has 0 saturated carbocycles. The van der Waals surface area contributed by atoms with Crippen LogP contribution in [-0.4, -0.2) is 49.1 Å². The maximum absolute atomic E-state index is 13.1. The molecule has 0 aromatic heterocycles. The molecule has 0 saturated heterocycles. The summed E-state index contributed by atoms with van der Waals surface area (Å²) < 4.78 is 82.8. The molecule has 0 amide bonds. The number of ether oxygens (including phenoxy) is 1. The van der Waals surface area contributed by atoms with Gasteiger partial charge in [-0.15, -0.1) is 0 Å². The summed E-state index contributed by atoms with van der Waals surface area (Å²) in [6.45, 7) is 1.93. The summed E-state index contributed by atoms with van der Waals surface area (Å²) >= 11 is 0. The summed E-state index contributed by atoms with van der Waals surface area (Å²) in [5.74, 6) is 0.509. The fraction of sp³-hybridized carbons (Fsp3) is 0.320. The minimum Gasteiger partial charge on any atom is -0.497 e. The molecular weight excluding hydrogens is 522 g/mol. The molecule has 0 aliphatic heterocycles. The number of methoxy groups -OCH3 is 1. The zero-order valence-electron chi connectivity index (χ0n) is 20.0. The molecular formula is C25H29NO7S3. The molecule has 36 heavy (non-hydrogen) atoms. The molecule has 0 heterocycles. The molecule has 0 bridgehead atoms. The maximum Gasteiger partial charge on any atom is 0.206 e. The second-order valence-corrected chi connectivity index (χ2v) is 14.6. The van der Waals surface area contributed by atoms with Crippen molar-refractivity contribution in [3.05, 3.63) is 71.7 Å². The van der Waals surface area contributed by atoms with Crippen LogP contribution in [-0.2, 0) is 29.5 Å². The van der Waals surface area contributed by atoms with Gasteiger partial charge in [-0.2, -0.15) is 0 Å². The standard InChI is InChI=1S/C25H29NO7S3/c1-3-4-5-25(18-26)36(31,32)24-16-14-23(15-17-24)35(29,30)22-12-10-21(11-13-22)34(27,28)20-8-6-19(33-2)7-9-20/h6-14,16-18,23,25-26H,3-5,15H2,1-2H3. The second kappa shape index (κ2) is 11.1. The van der Waals surface area contributed by atoms with E-state index in [0.29, 0.717) is 18.6 Å². The van der Waals surface area contributed by atoms with Crippen LogP contribution in [0.2, 0.25) is 0 Å². The Bertz CT molecular complexity index is 1470. The Labute approximate surface area is 213 Å². The number of sulfone groups is 3. The first-order valence-corrected chi connectivity index (χ1v) is 15.9. The highest BCUT2D eigenvalue weighted by atomic mass is 32.2. The predicted octanol–water partition coefficient (Wildman–Crippen LogP) is 4.14. The molecule has 1 N–H and O–H groups in total. The lowest BCUT2D eigenvalue weighted by molar-refractivity contribution is 0.414. The first-order chi connectivity index (χ1) is 17.0. The number of benzene rings is 2. The van der Waals surface area contributed by atoms with Crippen LogP contribution in [0.5, 0.6) is 5.75 Å². The fourth-order valence-electron chi connectivity index (χ4n) is 3.80. The molecule has 0 spiro atoms. The van der Waals surface area contributed by atoms with Crippen LogP contribution in [0.4, 0.5) is 0 Å². The second-order valence-electron chi connectivity index (χ2n) is 8.33. The molecule has 3 rings (SSSR count). The largest absolute Gasteiger partial charge is 0.497 e. The van der Waals surface area contributed by atoms with Gasteiger partial charge in [-0.1, -0.05) is 31.9 Å². The van der Waals surface area contributed by atoms with Crippen LogP contribution >= 0.6 is 0 Å². The van der Waals surface area contributed by atoms with Gasteiger partial charge in [0.05, 0.1) is 32.0 Å². The summed E-state index contributed by atoms with van der Waals surface area (Å²) in [7, 11) is -10.0. The van der Waals surface area contributed by atoms with Gasteiger partial charge in [0, 0.05) is 6.21 Å². The van der Waals surface area contributed by atoms with Crippen LogP contribution in [0.25, 0.3) is 0 Å². The van der Waals surface area contributed by atoms with E-state index in [1.165, 1.54) is 73.9 Å². The molecule has 2 atom stereocenters. The molecule has 1 aliphatic carbocycles. The van der Waals surface area contributed by atoms with E-state index in [-0.39, 0.29) is 26.0 Å². The van der Waals surface area contributed by atoms with Crippen molar-refractivity contribution in [2.24, 2.45) is 0 Å². The molecule has 1 aliphatic rings. The number of rotatable bonds is 11. The fourth-order valence-corrected chi connectivity index (χ4v) is 8.17. The van der Waals surface area contributed by atoms with Gasteiger partial charge < -0.3 is 10.1 Å². The van der Waals surface area contributed by atoms with Crippen LogP contribution in [0, 0.1) is 5.41 Å². The molecule has 2 aromatic rings. The van der Waals surface area contributed by atoms with Gasteiger partial charge in [0.2, 0.25) is 9.84 Å². The van der Waals surface area contributed by atoms with E-state index >= 15 is 0 Å². The summed E-state index contributed by atoms with van der Waals surface area (Å²) in [5, 5.41) is 5.56. The third kappa shape index (κ3) is 5.63. The van der Waals surface area contributed by atoms with E-state index in [0.717, 1.165) is 12.6 Å². The predicted molar refractivity (Wildman–Crippen MR) is 139 cm³/mol.